The zero-order chi connectivity index (χ0) is 21.5. The molecule has 0 unspecified atom stereocenters. The molecule has 1 N–H and O–H groups in total. The molecule has 2 aliphatic heterocycles. The molecule has 30 heavy (non-hydrogen) atoms. The highest BCUT2D eigenvalue weighted by molar-refractivity contribution is 7.92. The van der Waals surface area contributed by atoms with E-state index in [1.165, 1.54) is 21.8 Å². The molecule has 1 fully saturated rings. The molecule has 4 rings (SSSR count). The number of benzene rings is 2. The van der Waals surface area contributed by atoms with Crippen LogP contribution in [0.25, 0.3) is 0 Å². The quantitative estimate of drug-likeness (QED) is 0.792. The van der Waals surface area contributed by atoms with Gasteiger partial charge in [-0.3, -0.25) is 9.21 Å². The van der Waals surface area contributed by atoms with E-state index in [1.54, 1.807) is 0 Å². The van der Waals surface area contributed by atoms with Crippen molar-refractivity contribution >= 4 is 21.4 Å². The highest BCUT2D eigenvalue weighted by Gasteiger charge is 2.33. The zero-order valence-corrected chi connectivity index (χ0v) is 18.8. The molecule has 2 aliphatic rings. The molecule has 162 valence electrons. The lowest BCUT2D eigenvalue weighted by Gasteiger charge is -2.37. The van der Waals surface area contributed by atoms with Crippen molar-refractivity contribution in [2.45, 2.75) is 32.4 Å². The van der Waals surface area contributed by atoms with Gasteiger partial charge in [0.1, 0.15) is 0 Å². The van der Waals surface area contributed by atoms with Crippen LogP contribution in [-0.2, 0) is 16.4 Å². The van der Waals surface area contributed by atoms with Gasteiger partial charge in [-0.2, -0.15) is 0 Å². The predicted octanol–water partition coefficient (Wildman–Crippen LogP) is 2.56. The van der Waals surface area contributed by atoms with Gasteiger partial charge in [-0.05, 0) is 55.2 Å². The lowest BCUT2D eigenvalue weighted by Crippen LogP contribution is -2.47. The smallest absolute Gasteiger partial charge is 0.232 e. The molecule has 0 bridgehead atoms. The van der Waals surface area contributed by atoms with E-state index >= 15 is 0 Å². The first-order chi connectivity index (χ1) is 14.2. The predicted molar refractivity (Wildman–Crippen MR) is 122 cm³/mol. The number of anilines is 2. The Bertz CT molecular complexity index is 1020. The molecular weight excluding hydrogens is 398 g/mol. The number of hydrogen-bond acceptors (Lipinski definition) is 5. The van der Waals surface area contributed by atoms with Gasteiger partial charge in [-0.1, -0.05) is 24.3 Å². The van der Waals surface area contributed by atoms with Gasteiger partial charge < -0.3 is 10.0 Å². The average Bonchev–Trinajstić information content (AvgIpc) is 3.03. The van der Waals surface area contributed by atoms with Gasteiger partial charge in [-0.25, -0.2) is 8.42 Å². The summed E-state index contributed by atoms with van der Waals surface area (Å²) in [6, 6.07) is 14.2. The van der Waals surface area contributed by atoms with E-state index < -0.39 is 16.1 Å². The van der Waals surface area contributed by atoms with Crippen molar-refractivity contribution in [1.29, 1.82) is 0 Å². The summed E-state index contributed by atoms with van der Waals surface area (Å²) in [6.45, 7) is 8.34. The van der Waals surface area contributed by atoms with Gasteiger partial charge in [0.15, 0.2) is 0 Å². The molecule has 6 nitrogen and oxygen atoms in total. The first kappa shape index (κ1) is 21.2. The molecule has 0 aliphatic carbocycles. The van der Waals surface area contributed by atoms with Crippen LogP contribution in [0.1, 0.15) is 29.7 Å². The summed E-state index contributed by atoms with van der Waals surface area (Å²) in [5, 5.41) is 10.8. The highest BCUT2D eigenvalue weighted by Crippen LogP contribution is 2.36. The summed E-state index contributed by atoms with van der Waals surface area (Å²) in [7, 11) is -3.29. The lowest BCUT2D eigenvalue weighted by molar-refractivity contribution is 0.109. The van der Waals surface area contributed by atoms with E-state index in [9.17, 15) is 13.5 Å². The Morgan fingerprint density at radius 3 is 2.50 bits per heavy atom. The topological polar surface area (TPSA) is 64.1 Å². The van der Waals surface area contributed by atoms with E-state index in [-0.39, 0.29) is 6.04 Å². The Morgan fingerprint density at radius 1 is 1.10 bits per heavy atom. The van der Waals surface area contributed by atoms with Gasteiger partial charge in [0, 0.05) is 44.5 Å². The molecule has 0 amide bonds. The fraction of sp³-hybridized carbons (Fsp3) is 0.478. The second-order valence-electron chi connectivity index (χ2n) is 8.64. The molecule has 2 heterocycles. The van der Waals surface area contributed by atoms with Crippen LogP contribution in [0.2, 0.25) is 0 Å². The van der Waals surface area contributed by atoms with E-state index in [4.69, 9.17) is 0 Å². The summed E-state index contributed by atoms with van der Waals surface area (Å²) in [5.74, 6) is 0. The van der Waals surface area contributed by atoms with Crippen LogP contribution in [0, 0.1) is 6.92 Å². The minimum absolute atomic E-state index is 0.0860. The second-order valence-corrected chi connectivity index (χ2v) is 10.5. The number of fused-ring (bicyclic) bond motifs is 1. The van der Waals surface area contributed by atoms with E-state index in [2.05, 4.69) is 41.0 Å². The third-order valence-electron chi connectivity index (χ3n) is 6.17. The lowest BCUT2D eigenvalue weighted by atomic mass is 10.0. The maximum absolute atomic E-state index is 12.1. The largest absolute Gasteiger partial charge is 0.387 e. The van der Waals surface area contributed by atoms with Crippen LogP contribution in [0.5, 0.6) is 0 Å². The third-order valence-corrected chi connectivity index (χ3v) is 7.44. The Hall–Kier alpha value is -2.09. The number of nitrogens with zero attached hydrogens (tertiary/aromatic N) is 3. The number of hydrogen-bond donors (Lipinski definition) is 1. The fourth-order valence-electron chi connectivity index (χ4n) is 4.70. The number of aliphatic hydroxyl groups excluding tert-OH is 1. The average molecular weight is 430 g/mol. The van der Waals surface area contributed by atoms with Crippen LogP contribution < -0.4 is 9.21 Å². The number of piperazine rings is 1. The summed E-state index contributed by atoms with van der Waals surface area (Å²) in [5.41, 5.74) is 5.13. The molecule has 2 aromatic carbocycles. The standard InChI is InChI=1S/C23H31N3O3S/c1-17-5-4-6-21(13-17)25-11-9-24(10-12-25)16-23(27)19-7-8-22-20(15-19)14-18(2)26(22)30(3,28)29/h4-8,13,15,18,23,27H,9-12,14,16H2,1-3H3/t18-,23-/m1/s1. The normalized spacial score (nSPS) is 21.0. The van der Waals surface area contributed by atoms with Crippen LogP contribution in [0.4, 0.5) is 11.4 Å². The van der Waals surface area contributed by atoms with Crippen molar-refractivity contribution in [3.8, 4) is 0 Å². The van der Waals surface area contributed by atoms with Gasteiger partial charge in [0.05, 0.1) is 18.0 Å². The van der Waals surface area contributed by atoms with E-state index in [1.807, 2.05) is 25.1 Å². The molecule has 0 radical (unpaired) electrons. The molecule has 0 spiro atoms. The Balaban J connectivity index is 1.39. The maximum Gasteiger partial charge on any atom is 0.232 e. The van der Waals surface area contributed by atoms with Crippen LogP contribution in [0.15, 0.2) is 42.5 Å². The maximum atomic E-state index is 12.1. The monoisotopic (exact) mass is 429 g/mol. The molecular formula is C23H31N3O3S. The van der Waals surface area contributed by atoms with Crippen molar-refractivity contribution in [3.63, 3.8) is 0 Å². The van der Waals surface area contributed by atoms with Crippen molar-refractivity contribution in [2.24, 2.45) is 0 Å². The minimum Gasteiger partial charge on any atom is -0.387 e. The molecule has 2 aromatic rings. The Kier molecular flexibility index (Phi) is 5.79. The summed E-state index contributed by atoms with van der Waals surface area (Å²) in [4.78, 5) is 4.70. The van der Waals surface area contributed by atoms with Crippen LogP contribution in [0.3, 0.4) is 0 Å². The zero-order valence-electron chi connectivity index (χ0n) is 18.0. The number of sulfonamides is 1. The van der Waals surface area contributed by atoms with Gasteiger partial charge in [0.25, 0.3) is 0 Å². The van der Waals surface area contributed by atoms with Crippen molar-refractivity contribution in [3.05, 3.63) is 59.2 Å². The summed E-state index contributed by atoms with van der Waals surface area (Å²) >= 11 is 0. The molecule has 1 saturated heterocycles. The van der Waals surface area contributed by atoms with Gasteiger partial charge in [-0.15, -0.1) is 0 Å². The van der Waals surface area contributed by atoms with Crippen molar-refractivity contribution < 1.29 is 13.5 Å². The SMILES string of the molecule is Cc1cccc(N2CCN(C[C@@H](O)c3ccc4c(c3)C[C@@H](C)N4S(C)(=O)=O)CC2)c1. The number of rotatable bonds is 5. The Morgan fingerprint density at radius 2 is 1.83 bits per heavy atom. The first-order valence-electron chi connectivity index (χ1n) is 10.6. The summed E-state index contributed by atoms with van der Waals surface area (Å²) < 4.78 is 25.7. The minimum atomic E-state index is -3.29. The number of aliphatic hydroxyl groups is 1. The second kappa shape index (κ2) is 8.21. The van der Waals surface area contributed by atoms with Gasteiger partial charge >= 0.3 is 0 Å². The fourth-order valence-corrected chi connectivity index (χ4v) is 5.96. The summed E-state index contributed by atoms with van der Waals surface area (Å²) in [6.07, 6.45) is 1.35. The molecule has 0 saturated carbocycles. The molecule has 2 atom stereocenters. The Labute approximate surface area is 179 Å². The number of β-amino-alcohol motifs (C(OH)–C–C–N with tert-alkyl or cyclic N) is 1. The molecule has 7 heteroatoms. The first-order valence-corrected chi connectivity index (χ1v) is 12.4. The van der Waals surface area contributed by atoms with E-state index in [0.717, 1.165) is 43.0 Å². The van der Waals surface area contributed by atoms with Crippen LogP contribution in [-0.4, -0.2) is 63.4 Å². The van der Waals surface area contributed by atoms with Crippen molar-refractivity contribution in [1.82, 2.24) is 4.90 Å². The van der Waals surface area contributed by atoms with Crippen molar-refractivity contribution in [2.75, 3.05) is 48.2 Å². The van der Waals surface area contributed by atoms with E-state index in [0.29, 0.717) is 13.0 Å². The molecule has 0 aromatic heterocycles. The number of aryl methyl sites for hydroxylation is 1. The van der Waals surface area contributed by atoms with Gasteiger partial charge in [0.2, 0.25) is 10.0 Å². The third kappa shape index (κ3) is 4.33. The highest BCUT2D eigenvalue weighted by atomic mass is 32.2. The van der Waals surface area contributed by atoms with Crippen LogP contribution >= 0.6 is 0 Å².